The molecule has 196 valence electrons. The molecule has 1 saturated heterocycles. The number of sulfonamides is 1. The van der Waals surface area contributed by atoms with Crippen LogP contribution in [0.1, 0.15) is 33.1 Å². The lowest BCUT2D eigenvalue weighted by atomic mass is 9.85. The molecule has 1 fully saturated rings. The van der Waals surface area contributed by atoms with Crippen molar-refractivity contribution in [1.82, 2.24) is 24.4 Å². The van der Waals surface area contributed by atoms with Gasteiger partial charge in [-0.25, -0.2) is 22.3 Å². The van der Waals surface area contributed by atoms with E-state index in [4.69, 9.17) is 0 Å². The van der Waals surface area contributed by atoms with Gasteiger partial charge in [-0.3, -0.25) is 9.48 Å². The Labute approximate surface area is 211 Å². The second-order valence-corrected chi connectivity index (χ2v) is 10.9. The molecule has 1 aliphatic heterocycles. The third kappa shape index (κ3) is 5.00. The SMILES string of the molecule is CC(C)NS(=O)(=O)c1ccc(Nc2nn(C3(CC#N)CCN(C(=O)O)CC3)c3cc[nH]c(=O)c23)cc1F. The molecule has 12 nitrogen and oxygen atoms in total. The maximum atomic E-state index is 14.8. The Kier molecular flexibility index (Phi) is 6.94. The minimum Gasteiger partial charge on any atom is -0.465 e. The van der Waals surface area contributed by atoms with Crippen LogP contribution in [0, 0.1) is 17.1 Å². The fraction of sp³-hybridized carbons (Fsp3) is 0.391. The van der Waals surface area contributed by atoms with E-state index in [9.17, 15) is 32.8 Å². The highest BCUT2D eigenvalue weighted by molar-refractivity contribution is 7.89. The molecule has 0 bridgehead atoms. The Morgan fingerprint density at radius 1 is 1.32 bits per heavy atom. The quantitative estimate of drug-likeness (QED) is 0.360. The number of halogens is 1. The number of aromatic nitrogens is 3. The van der Waals surface area contributed by atoms with Crippen LogP contribution in [0.3, 0.4) is 0 Å². The van der Waals surface area contributed by atoms with E-state index in [0.717, 1.165) is 12.1 Å². The number of piperidine rings is 1. The summed E-state index contributed by atoms with van der Waals surface area (Å²) in [6.07, 6.45) is 1.04. The zero-order chi connectivity index (χ0) is 27.0. The predicted molar refractivity (Wildman–Crippen MR) is 133 cm³/mol. The fourth-order valence-corrected chi connectivity index (χ4v) is 5.87. The molecular formula is C23H26FN7O5S. The van der Waals surface area contributed by atoms with Crippen LogP contribution in [0.25, 0.3) is 10.9 Å². The van der Waals surface area contributed by atoms with Crippen molar-refractivity contribution in [1.29, 1.82) is 5.26 Å². The number of hydrogen-bond donors (Lipinski definition) is 4. The molecule has 1 aliphatic rings. The van der Waals surface area contributed by atoms with Gasteiger partial charge in [-0.1, -0.05) is 0 Å². The van der Waals surface area contributed by atoms with Gasteiger partial charge in [0.2, 0.25) is 10.0 Å². The number of anilines is 2. The molecule has 0 unspecified atom stereocenters. The van der Waals surface area contributed by atoms with E-state index in [1.807, 2.05) is 0 Å². The Morgan fingerprint density at radius 2 is 2.03 bits per heavy atom. The van der Waals surface area contributed by atoms with Gasteiger partial charge in [0, 0.05) is 31.0 Å². The fourth-order valence-electron chi connectivity index (χ4n) is 4.56. The Morgan fingerprint density at radius 3 is 2.62 bits per heavy atom. The highest BCUT2D eigenvalue weighted by Gasteiger charge is 2.40. The van der Waals surface area contributed by atoms with Gasteiger partial charge < -0.3 is 20.3 Å². The highest BCUT2D eigenvalue weighted by Crippen LogP contribution is 2.37. The van der Waals surface area contributed by atoms with Crippen LogP contribution in [-0.4, -0.2) is 58.4 Å². The molecule has 0 radical (unpaired) electrons. The number of carbonyl (C=O) groups is 1. The standard InChI is InChI=1S/C23H26FN7O5S/c1-14(2)29-37(35,36)18-4-3-15(13-16(18)24)27-20-19-17(5-10-26-21(19)32)31(28-20)23(6-9-25)7-11-30(12-8-23)22(33)34/h3-5,10,13-14,29H,6-8,11-12H2,1-2H3,(H,26,32)(H,27,28)(H,33,34). The predicted octanol–water partition coefficient (Wildman–Crippen LogP) is 2.68. The molecule has 4 rings (SSSR count). The van der Waals surface area contributed by atoms with E-state index in [2.05, 4.69) is 26.2 Å². The smallest absolute Gasteiger partial charge is 0.407 e. The number of nitrogens with one attached hydrogen (secondary N) is 3. The number of aromatic amines is 1. The van der Waals surface area contributed by atoms with Gasteiger partial charge in [-0.15, -0.1) is 0 Å². The van der Waals surface area contributed by atoms with Crippen molar-refractivity contribution in [2.75, 3.05) is 18.4 Å². The second-order valence-electron chi connectivity index (χ2n) is 9.20. The van der Waals surface area contributed by atoms with Crippen LogP contribution < -0.4 is 15.6 Å². The number of nitriles is 1. The number of likely N-dealkylation sites (tertiary alicyclic amines) is 1. The van der Waals surface area contributed by atoms with Crippen LogP contribution in [0.5, 0.6) is 0 Å². The van der Waals surface area contributed by atoms with Crippen molar-refractivity contribution < 1.29 is 22.7 Å². The third-order valence-corrected chi connectivity index (χ3v) is 7.99. The lowest BCUT2D eigenvalue weighted by Gasteiger charge is -2.40. The number of carboxylic acid groups (broad SMARTS) is 1. The molecule has 0 atom stereocenters. The largest absolute Gasteiger partial charge is 0.465 e. The molecular weight excluding hydrogens is 505 g/mol. The van der Waals surface area contributed by atoms with Crippen molar-refractivity contribution in [3.8, 4) is 6.07 Å². The van der Waals surface area contributed by atoms with Gasteiger partial charge in [-0.05, 0) is 51.0 Å². The van der Waals surface area contributed by atoms with Crippen molar-refractivity contribution in [2.24, 2.45) is 0 Å². The van der Waals surface area contributed by atoms with E-state index < -0.39 is 44.0 Å². The molecule has 14 heteroatoms. The number of pyridine rings is 1. The second kappa shape index (κ2) is 9.83. The summed E-state index contributed by atoms with van der Waals surface area (Å²) in [7, 11) is -4.06. The molecule has 1 amide bonds. The average molecular weight is 532 g/mol. The maximum absolute atomic E-state index is 14.8. The molecule has 2 aromatic heterocycles. The molecule has 0 spiro atoms. The zero-order valence-corrected chi connectivity index (χ0v) is 21.0. The summed E-state index contributed by atoms with van der Waals surface area (Å²) < 4.78 is 43.5. The number of rotatable bonds is 7. The number of nitrogens with zero attached hydrogens (tertiary/aromatic N) is 4. The van der Waals surface area contributed by atoms with Gasteiger partial charge >= 0.3 is 6.09 Å². The van der Waals surface area contributed by atoms with Crippen molar-refractivity contribution >= 4 is 38.5 Å². The highest BCUT2D eigenvalue weighted by atomic mass is 32.2. The molecule has 37 heavy (non-hydrogen) atoms. The Bertz CT molecular complexity index is 1550. The van der Waals surface area contributed by atoms with Crippen LogP contribution in [-0.2, 0) is 15.6 Å². The van der Waals surface area contributed by atoms with E-state index in [-0.39, 0.29) is 36.4 Å². The summed E-state index contributed by atoms with van der Waals surface area (Å²) in [5, 5.41) is 26.5. The first-order valence-electron chi connectivity index (χ1n) is 11.5. The van der Waals surface area contributed by atoms with E-state index in [1.165, 1.54) is 17.2 Å². The van der Waals surface area contributed by atoms with Gasteiger partial charge in [0.25, 0.3) is 5.56 Å². The lowest BCUT2D eigenvalue weighted by Crippen LogP contribution is -2.48. The molecule has 0 saturated carbocycles. The minimum absolute atomic E-state index is 0.0352. The molecule has 3 aromatic rings. The summed E-state index contributed by atoms with van der Waals surface area (Å²) in [6, 6.07) is 6.83. The number of amides is 1. The first kappa shape index (κ1) is 26.1. The number of H-pyrrole nitrogens is 1. The maximum Gasteiger partial charge on any atom is 0.407 e. The van der Waals surface area contributed by atoms with E-state index in [1.54, 1.807) is 24.6 Å². The summed E-state index contributed by atoms with van der Waals surface area (Å²) in [6.45, 7) is 3.62. The molecule has 1 aromatic carbocycles. The lowest BCUT2D eigenvalue weighted by molar-refractivity contribution is 0.0912. The summed E-state index contributed by atoms with van der Waals surface area (Å²) in [5.74, 6) is -0.900. The number of fused-ring (bicyclic) bond motifs is 1. The topological polar surface area (TPSA) is 173 Å². The monoisotopic (exact) mass is 531 g/mol. The first-order chi connectivity index (χ1) is 17.5. The average Bonchev–Trinajstić information content (AvgIpc) is 3.19. The normalized spacial score (nSPS) is 15.6. The van der Waals surface area contributed by atoms with Crippen molar-refractivity contribution in [2.45, 2.75) is 49.6 Å². The Hall–Kier alpha value is -3.96. The number of benzene rings is 1. The Balaban J connectivity index is 1.76. The summed E-state index contributed by atoms with van der Waals surface area (Å²) in [4.78, 5) is 27.5. The van der Waals surface area contributed by atoms with E-state index in [0.29, 0.717) is 18.4 Å². The van der Waals surface area contributed by atoms with Crippen LogP contribution >= 0.6 is 0 Å². The number of hydrogen-bond acceptors (Lipinski definition) is 7. The molecule has 4 N–H and O–H groups in total. The van der Waals surface area contributed by atoms with Crippen molar-refractivity contribution in [3.63, 3.8) is 0 Å². The zero-order valence-electron chi connectivity index (χ0n) is 20.2. The van der Waals surface area contributed by atoms with Gasteiger partial charge in [0.15, 0.2) is 5.82 Å². The third-order valence-electron chi connectivity index (χ3n) is 6.30. The van der Waals surface area contributed by atoms with Gasteiger partial charge in [-0.2, -0.15) is 10.4 Å². The van der Waals surface area contributed by atoms with Crippen LogP contribution in [0.15, 0.2) is 40.2 Å². The minimum atomic E-state index is -4.06. The van der Waals surface area contributed by atoms with Crippen LogP contribution in [0.4, 0.5) is 20.7 Å². The van der Waals surface area contributed by atoms with E-state index >= 15 is 0 Å². The first-order valence-corrected chi connectivity index (χ1v) is 13.0. The van der Waals surface area contributed by atoms with Gasteiger partial charge in [0.1, 0.15) is 16.1 Å². The van der Waals surface area contributed by atoms with Crippen molar-refractivity contribution in [3.05, 3.63) is 46.6 Å². The summed E-state index contributed by atoms with van der Waals surface area (Å²) >= 11 is 0. The molecule has 3 heterocycles. The summed E-state index contributed by atoms with van der Waals surface area (Å²) in [5.41, 5.74) is -0.753. The van der Waals surface area contributed by atoms with Crippen LogP contribution in [0.2, 0.25) is 0 Å². The molecule has 0 aliphatic carbocycles. The van der Waals surface area contributed by atoms with Gasteiger partial charge in [0.05, 0.1) is 23.5 Å².